The highest BCUT2D eigenvalue weighted by molar-refractivity contribution is 6.23. The van der Waals surface area contributed by atoms with Crippen molar-refractivity contribution in [2.45, 2.75) is 0 Å². The Kier molecular flexibility index (Phi) is 6.90. The normalized spacial score (nSPS) is 11.7. The van der Waals surface area contributed by atoms with Gasteiger partial charge in [0.15, 0.2) is 0 Å². The number of furan rings is 1. The number of rotatable bonds is 5. The first kappa shape index (κ1) is 30.5. The van der Waals surface area contributed by atoms with E-state index in [4.69, 9.17) is 4.42 Å². The summed E-state index contributed by atoms with van der Waals surface area (Å²) >= 11 is 0. The molecule has 0 N–H and O–H groups in total. The average Bonchev–Trinajstić information content (AvgIpc) is 3.62. The molecule has 0 radical (unpaired) electrons. The number of hydrogen-bond donors (Lipinski definition) is 0. The van der Waals surface area contributed by atoms with Crippen LogP contribution in [0.2, 0.25) is 0 Å². The fourth-order valence-electron chi connectivity index (χ4n) is 8.47. The second-order valence-electron chi connectivity index (χ2n) is 14.1. The lowest BCUT2D eigenvalue weighted by Gasteiger charge is -2.26. The van der Waals surface area contributed by atoms with E-state index < -0.39 is 0 Å². The summed E-state index contributed by atoms with van der Waals surface area (Å²) in [7, 11) is 0. The van der Waals surface area contributed by atoms with Crippen LogP contribution in [0.15, 0.2) is 205 Å². The summed E-state index contributed by atoms with van der Waals surface area (Å²) < 4.78 is 6.53. The fourth-order valence-corrected chi connectivity index (χ4v) is 8.47. The third kappa shape index (κ3) is 4.88. The van der Waals surface area contributed by atoms with Crippen molar-refractivity contribution in [2.75, 3.05) is 4.90 Å². The van der Waals surface area contributed by atoms with Crippen LogP contribution in [0.1, 0.15) is 0 Å². The summed E-state index contributed by atoms with van der Waals surface area (Å²) in [6, 6.07) is 72.3. The van der Waals surface area contributed by atoms with E-state index in [2.05, 4.69) is 199 Å². The minimum atomic E-state index is 0.900. The van der Waals surface area contributed by atoms with Crippen molar-refractivity contribution >= 4 is 82.1 Å². The van der Waals surface area contributed by atoms with E-state index in [1.807, 2.05) is 6.07 Å². The summed E-state index contributed by atoms with van der Waals surface area (Å²) in [6.07, 6.45) is 0. The van der Waals surface area contributed by atoms with Gasteiger partial charge in [-0.25, -0.2) is 0 Å². The van der Waals surface area contributed by atoms with Gasteiger partial charge in [0.1, 0.15) is 11.2 Å². The zero-order chi connectivity index (χ0) is 35.6. The van der Waals surface area contributed by atoms with Crippen molar-refractivity contribution in [3.05, 3.63) is 200 Å². The molecule has 0 fully saturated rings. The zero-order valence-electron chi connectivity index (χ0n) is 29.4. The molecule has 252 valence electrons. The van der Waals surface area contributed by atoms with Crippen LogP contribution in [0.4, 0.5) is 17.1 Å². The van der Waals surface area contributed by atoms with Crippen molar-refractivity contribution < 1.29 is 4.42 Å². The van der Waals surface area contributed by atoms with Gasteiger partial charge in [0, 0.05) is 27.8 Å². The van der Waals surface area contributed by atoms with E-state index in [-0.39, 0.29) is 0 Å². The molecule has 1 heterocycles. The molecule has 0 aliphatic heterocycles. The lowest BCUT2D eigenvalue weighted by molar-refractivity contribution is 0.669. The first-order valence-electron chi connectivity index (χ1n) is 18.5. The molecule has 54 heavy (non-hydrogen) atoms. The van der Waals surface area contributed by atoms with Gasteiger partial charge in [0.25, 0.3) is 0 Å². The number of nitrogens with zero attached hydrogens (tertiary/aromatic N) is 1. The quantitative estimate of drug-likeness (QED) is 0.168. The second kappa shape index (κ2) is 12.2. The Labute approximate surface area is 312 Å². The van der Waals surface area contributed by atoms with Crippen molar-refractivity contribution in [2.24, 2.45) is 0 Å². The molecular formula is C52H33NO. The van der Waals surface area contributed by atoms with Crippen LogP contribution < -0.4 is 4.90 Å². The molecule has 0 saturated heterocycles. The van der Waals surface area contributed by atoms with Crippen LogP contribution in [0.25, 0.3) is 87.3 Å². The highest BCUT2D eigenvalue weighted by Gasteiger charge is 2.19. The Balaban J connectivity index is 1.09. The van der Waals surface area contributed by atoms with Gasteiger partial charge in [-0.15, -0.1) is 0 Å². The first-order chi connectivity index (χ1) is 26.8. The Morgan fingerprint density at radius 1 is 0.296 bits per heavy atom. The van der Waals surface area contributed by atoms with E-state index in [0.29, 0.717) is 0 Å². The SMILES string of the molecule is c1ccc(N(c2ccc(-c3ccc4c(ccc5ccccc54)c3)cc2)c2ccc3c(c2)c(-c2cccc4ccccc24)cc2oc4ccccc4c23)cc1. The summed E-state index contributed by atoms with van der Waals surface area (Å²) in [4.78, 5) is 2.36. The Bertz CT molecular complexity index is 3210. The molecule has 0 atom stereocenters. The van der Waals surface area contributed by atoms with Crippen LogP contribution in [-0.2, 0) is 0 Å². The third-order valence-electron chi connectivity index (χ3n) is 11.0. The van der Waals surface area contributed by atoms with Gasteiger partial charge in [-0.05, 0) is 120 Å². The minimum Gasteiger partial charge on any atom is -0.456 e. The Hall–Kier alpha value is -7.16. The van der Waals surface area contributed by atoms with Gasteiger partial charge in [-0.2, -0.15) is 0 Å². The molecule has 0 aliphatic rings. The smallest absolute Gasteiger partial charge is 0.136 e. The monoisotopic (exact) mass is 687 g/mol. The first-order valence-corrected chi connectivity index (χ1v) is 18.5. The maximum absolute atomic E-state index is 6.53. The van der Waals surface area contributed by atoms with Gasteiger partial charge in [0.05, 0.1) is 0 Å². The van der Waals surface area contributed by atoms with Crippen molar-refractivity contribution in [1.29, 1.82) is 0 Å². The Morgan fingerprint density at radius 2 is 0.907 bits per heavy atom. The number of hydrogen-bond acceptors (Lipinski definition) is 2. The van der Waals surface area contributed by atoms with Gasteiger partial charge < -0.3 is 9.32 Å². The number of fused-ring (bicyclic) bond motifs is 9. The predicted octanol–water partition coefficient (Wildman–Crippen LogP) is 15.0. The largest absolute Gasteiger partial charge is 0.456 e. The topological polar surface area (TPSA) is 16.4 Å². The molecule has 0 amide bonds. The van der Waals surface area contributed by atoms with E-state index in [1.54, 1.807) is 0 Å². The standard InChI is InChI=1S/C52H33NO/c1-2-14-39(15-3-1)53(40-26-23-34(24-27-40)37-25-29-44-38(31-37)22-21-36-12-5-6-16-42(36)44)41-28-30-46-48(32-41)49(45-19-10-13-35-11-4-7-17-43(35)45)33-51-52(46)47-18-8-9-20-50(47)54-51/h1-33H. The molecule has 2 nitrogen and oxygen atoms in total. The van der Waals surface area contributed by atoms with Crippen LogP contribution in [-0.4, -0.2) is 0 Å². The summed E-state index contributed by atoms with van der Waals surface area (Å²) in [6.45, 7) is 0. The minimum absolute atomic E-state index is 0.900. The van der Waals surface area contributed by atoms with Gasteiger partial charge in [-0.3, -0.25) is 0 Å². The second-order valence-corrected chi connectivity index (χ2v) is 14.1. The molecule has 2 heteroatoms. The molecule has 10 aromatic carbocycles. The molecule has 0 unspecified atom stereocenters. The predicted molar refractivity (Wildman–Crippen MR) is 229 cm³/mol. The average molecular weight is 688 g/mol. The molecule has 0 spiro atoms. The fraction of sp³-hybridized carbons (Fsp3) is 0. The van der Waals surface area contributed by atoms with Crippen LogP contribution in [0, 0.1) is 0 Å². The Morgan fingerprint density at radius 3 is 1.76 bits per heavy atom. The number of para-hydroxylation sites is 2. The van der Waals surface area contributed by atoms with Crippen molar-refractivity contribution in [1.82, 2.24) is 0 Å². The van der Waals surface area contributed by atoms with Crippen LogP contribution in [0.5, 0.6) is 0 Å². The molecule has 11 aromatic rings. The molecular weight excluding hydrogens is 655 g/mol. The van der Waals surface area contributed by atoms with Gasteiger partial charge in [-0.1, -0.05) is 146 Å². The summed E-state index contributed by atoms with van der Waals surface area (Å²) in [5.41, 5.74) is 9.83. The lowest BCUT2D eigenvalue weighted by atomic mass is 9.91. The van der Waals surface area contributed by atoms with Gasteiger partial charge in [0.2, 0.25) is 0 Å². The molecule has 11 rings (SSSR count). The summed E-state index contributed by atoms with van der Waals surface area (Å²) in [5, 5.41) is 12.2. The lowest BCUT2D eigenvalue weighted by Crippen LogP contribution is -2.09. The molecule has 0 bridgehead atoms. The maximum Gasteiger partial charge on any atom is 0.136 e. The van der Waals surface area contributed by atoms with Crippen LogP contribution in [0.3, 0.4) is 0 Å². The maximum atomic E-state index is 6.53. The van der Waals surface area contributed by atoms with E-state index >= 15 is 0 Å². The highest BCUT2D eigenvalue weighted by atomic mass is 16.3. The summed E-state index contributed by atoms with van der Waals surface area (Å²) in [5.74, 6) is 0. The third-order valence-corrected chi connectivity index (χ3v) is 11.0. The number of anilines is 3. The van der Waals surface area contributed by atoms with Crippen molar-refractivity contribution in [3.63, 3.8) is 0 Å². The van der Waals surface area contributed by atoms with E-state index in [0.717, 1.165) is 44.6 Å². The van der Waals surface area contributed by atoms with E-state index in [9.17, 15) is 0 Å². The van der Waals surface area contributed by atoms with Gasteiger partial charge >= 0.3 is 0 Å². The van der Waals surface area contributed by atoms with Crippen LogP contribution >= 0.6 is 0 Å². The van der Waals surface area contributed by atoms with Crippen molar-refractivity contribution in [3.8, 4) is 22.3 Å². The molecule has 0 saturated carbocycles. The molecule has 1 aromatic heterocycles. The zero-order valence-corrected chi connectivity index (χ0v) is 29.4. The molecule has 0 aliphatic carbocycles. The van der Waals surface area contributed by atoms with E-state index in [1.165, 1.54) is 59.8 Å². The highest BCUT2D eigenvalue weighted by Crippen LogP contribution is 2.45. The number of benzene rings is 10.